The number of rotatable bonds is 10. The number of aromatic nitrogens is 6. The zero-order chi connectivity index (χ0) is 24.0. The maximum Gasteiger partial charge on any atom is 0.270 e. The van der Waals surface area contributed by atoms with E-state index in [0.29, 0.717) is 31.5 Å². The Bertz CT molecular complexity index is 1070. The number of anilines is 1. The normalized spacial score (nSPS) is 12.1. The molecule has 3 aromatic rings. The smallest absolute Gasteiger partial charge is 0.270 e. The van der Waals surface area contributed by atoms with E-state index in [1.807, 2.05) is 20.8 Å². The highest BCUT2D eigenvalue weighted by molar-refractivity contribution is 6.44. The predicted octanol–water partition coefficient (Wildman–Crippen LogP) is 3.41. The van der Waals surface area contributed by atoms with Gasteiger partial charge in [-0.25, -0.2) is 9.97 Å². The summed E-state index contributed by atoms with van der Waals surface area (Å²) >= 11 is 11.6. The third-order valence-electron chi connectivity index (χ3n) is 5.09. The highest BCUT2D eigenvalue weighted by atomic mass is 35.5. The van der Waals surface area contributed by atoms with E-state index in [0.717, 1.165) is 22.5 Å². The SMILES string of the molecule is CCn1nccc1C(=O)N[C@@H](CCCC(Cl)Cl)C(=O)Nc1ncc(-c2c(C)n[nH]c2C)cn1. The molecule has 0 fully saturated rings. The van der Waals surface area contributed by atoms with Crippen LogP contribution < -0.4 is 10.6 Å². The molecule has 0 aliphatic rings. The van der Waals surface area contributed by atoms with Crippen LogP contribution in [0.3, 0.4) is 0 Å². The molecule has 33 heavy (non-hydrogen) atoms. The van der Waals surface area contributed by atoms with E-state index >= 15 is 0 Å². The summed E-state index contributed by atoms with van der Waals surface area (Å²) in [6.45, 7) is 6.21. The monoisotopic (exact) mass is 492 g/mol. The van der Waals surface area contributed by atoms with Crippen LogP contribution in [-0.4, -0.2) is 52.6 Å². The Morgan fingerprint density at radius 1 is 1.18 bits per heavy atom. The minimum atomic E-state index is -0.827. The lowest BCUT2D eigenvalue weighted by Gasteiger charge is -2.18. The van der Waals surface area contributed by atoms with Gasteiger partial charge in [-0.15, -0.1) is 23.2 Å². The summed E-state index contributed by atoms with van der Waals surface area (Å²) < 4.78 is 1.56. The van der Waals surface area contributed by atoms with Crippen LogP contribution in [-0.2, 0) is 11.3 Å². The number of aryl methyl sites for hydroxylation is 3. The number of halogens is 2. The van der Waals surface area contributed by atoms with Crippen LogP contribution in [0.5, 0.6) is 0 Å². The van der Waals surface area contributed by atoms with Gasteiger partial charge in [0.05, 0.1) is 5.69 Å². The van der Waals surface area contributed by atoms with E-state index in [1.54, 1.807) is 23.1 Å². The van der Waals surface area contributed by atoms with Crippen LogP contribution in [0.25, 0.3) is 11.1 Å². The molecule has 1 atom stereocenters. The van der Waals surface area contributed by atoms with Gasteiger partial charge < -0.3 is 5.32 Å². The molecule has 3 aromatic heterocycles. The van der Waals surface area contributed by atoms with Crippen LogP contribution in [0, 0.1) is 13.8 Å². The molecule has 0 radical (unpaired) electrons. The van der Waals surface area contributed by atoms with Crippen molar-refractivity contribution in [3.05, 3.63) is 41.7 Å². The highest BCUT2D eigenvalue weighted by Gasteiger charge is 2.24. The van der Waals surface area contributed by atoms with E-state index in [1.165, 1.54) is 6.20 Å². The average Bonchev–Trinajstić information content (AvgIpc) is 3.39. The number of amides is 2. The van der Waals surface area contributed by atoms with Crippen molar-refractivity contribution in [2.24, 2.45) is 0 Å². The Labute approximate surface area is 201 Å². The van der Waals surface area contributed by atoms with Gasteiger partial charge in [0.15, 0.2) is 0 Å². The van der Waals surface area contributed by atoms with Crippen molar-refractivity contribution in [1.29, 1.82) is 0 Å². The average molecular weight is 493 g/mol. The summed E-state index contributed by atoms with van der Waals surface area (Å²) in [6, 6.07) is 0.773. The fourth-order valence-corrected chi connectivity index (χ4v) is 3.76. The fourth-order valence-electron chi connectivity index (χ4n) is 3.45. The Morgan fingerprint density at radius 2 is 1.91 bits per heavy atom. The second kappa shape index (κ2) is 11.2. The lowest BCUT2D eigenvalue weighted by atomic mass is 10.1. The number of nitrogens with zero attached hydrogens (tertiary/aromatic N) is 5. The summed E-state index contributed by atoms with van der Waals surface area (Å²) in [7, 11) is 0. The maximum absolute atomic E-state index is 13.0. The molecule has 0 saturated carbocycles. The zero-order valence-electron chi connectivity index (χ0n) is 18.6. The van der Waals surface area contributed by atoms with Crippen molar-refractivity contribution >= 4 is 41.0 Å². The standard InChI is InChI=1S/C21H26Cl2N8O2/c1-4-31-16(8-9-26-31)20(33)27-15(6-5-7-17(22)23)19(32)28-21-24-10-14(11-25-21)18-12(2)29-30-13(18)3/h8-11,15,17H,4-7H2,1-3H3,(H,27,33)(H,29,30)(H,24,25,28,32)/t15-/m0/s1. The minimum Gasteiger partial charge on any atom is -0.339 e. The number of aromatic amines is 1. The summed E-state index contributed by atoms with van der Waals surface area (Å²) in [5.74, 6) is -0.701. The Kier molecular flexibility index (Phi) is 8.40. The van der Waals surface area contributed by atoms with Gasteiger partial charge in [-0.05, 0) is 46.1 Å². The van der Waals surface area contributed by atoms with E-state index < -0.39 is 22.7 Å². The van der Waals surface area contributed by atoms with Gasteiger partial charge in [-0.1, -0.05) is 0 Å². The molecule has 0 aliphatic carbocycles. The van der Waals surface area contributed by atoms with Crippen LogP contribution >= 0.6 is 23.2 Å². The molecule has 12 heteroatoms. The van der Waals surface area contributed by atoms with Crippen LogP contribution in [0.1, 0.15) is 48.1 Å². The third-order valence-corrected chi connectivity index (χ3v) is 5.53. The molecule has 0 aliphatic heterocycles. The second-order valence-corrected chi connectivity index (χ2v) is 8.75. The Balaban J connectivity index is 1.71. The van der Waals surface area contributed by atoms with Gasteiger partial charge in [0, 0.05) is 42.0 Å². The molecule has 0 aromatic carbocycles. The quantitative estimate of drug-likeness (QED) is 0.371. The number of carbonyl (C=O) groups excluding carboxylic acids is 2. The largest absolute Gasteiger partial charge is 0.339 e. The molecule has 3 rings (SSSR count). The number of carbonyl (C=O) groups is 2. The summed E-state index contributed by atoms with van der Waals surface area (Å²) in [4.78, 5) is 33.7. The first-order valence-corrected chi connectivity index (χ1v) is 11.4. The molecule has 0 bridgehead atoms. The van der Waals surface area contributed by atoms with Gasteiger partial charge in [0.2, 0.25) is 11.9 Å². The molecular formula is C21H26Cl2N8O2. The number of alkyl halides is 2. The van der Waals surface area contributed by atoms with Gasteiger partial charge in [0.1, 0.15) is 16.6 Å². The predicted molar refractivity (Wildman–Crippen MR) is 126 cm³/mol. The molecule has 0 saturated heterocycles. The van der Waals surface area contributed by atoms with Crippen molar-refractivity contribution in [3.8, 4) is 11.1 Å². The van der Waals surface area contributed by atoms with Crippen LogP contribution in [0.4, 0.5) is 5.95 Å². The molecular weight excluding hydrogens is 467 g/mol. The van der Waals surface area contributed by atoms with Gasteiger partial charge in [-0.2, -0.15) is 10.2 Å². The van der Waals surface area contributed by atoms with E-state index in [4.69, 9.17) is 23.2 Å². The Hall–Kier alpha value is -2.98. The summed E-state index contributed by atoms with van der Waals surface area (Å²) in [6.07, 6.45) is 6.16. The highest BCUT2D eigenvalue weighted by Crippen LogP contribution is 2.24. The first-order valence-electron chi connectivity index (χ1n) is 10.6. The number of hydrogen-bond acceptors (Lipinski definition) is 6. The fraction of sp³-hybridized carbons (Fsp3) is 0.429. The summed E-state index contributed by atoms with van der Waals surface area (Å²) in [5.41, 5.74) is 3.80. The van der Waals surface area contributed by atoms with Gasteiger partial charge in [0.25, 0.3) is 5.91 Å². The van der Waals surface area contributed by atoms with Crippen molar-refractivity contribution in [2.45, 2.75) is 57.5 Å². The van der Waals surface area contributed by atoms with Gasteiger partial charge in [-0.3, -0.25) is 24.7 Å². The van der Waals surface area contributed by atoms with Crippen LogP contribution in [0.2, 0.25) is 0 Å². The summed E-state index contributed by atoms with van der Waals surface area (Å²) in [5, 5.41) is 16.6. The van der Waals surface area contributed by atoms with Crippen molar-refractivity contribution in [2.75, 3.05) is 5.32 Å². The molecule has 3 heterocycles. The second-order valence-electron chi connectivity index (χ2n) is 7.47. The molecule has 0 unspecified atom stereocenters. The topological polar surface area (TPSA) is 130 Å². The first-order chi connectivity index (χ1) is 15.8. The van der Waals surface area contributed by atoms with E-state index in [9.17, 15) is 9.59 Å². The zero-order valence-corrected chi connectivity index (χ0v) is 20.1. The third kappa shape index (κ3) is 6.29. The van der Waals surface area contributed by atoms with E-state index in [2.05, 4.69) is 35.9 Å². The Morgan fingerprint density at radius 3 is 2.52 bits per heavy atom. The van der Waals surface area contributed by atoms with Crippen molar-refractivity contribution in [1.82, 2.24) is 35.3 Å². The number of H-pyrrole nitrogens is 1. The van der Waals surface area contributed by atoms with Gasteiger partial charge >= 0.3 is 0 Å². The van der Waals surface area contributed by atoms with Crippen molar-refractivity contribution < 1.29 is 9.59 Å². The minimum absolute atomic E-state index is 0.132. The lowest BCUT2D eigenvalue weighted by molar-refractivity contribution is -0.118. The molecule has 2 amide bonds. The molecule has 0 spiro atoms. The lowest BCUT2D eigenvalue weighted by Crippen LogP contribution is -2.44. The molecule has 176 valence electrons. The van der Waals surface area contributed by atoms with Crippen molar-refractivity contribution in [3.63, 3.8) is 0 Å². The first kappa shape index (κ1) is 24.7. The van der Waals surface area contributed by atoms with E-state index in [-0.39, 0.29) is 5.95 Å². The molecule has 10 nitrogen and oxygen atoms in total. The van der Waals surface area contributed by atoms with Crippen LogP contribution in [0.15, 0.2) is 24.7 Å². The maximum atomic E-state index is 13.0. The number of hydrogen-bond donors (Lipinski definition) is 3. The number of nitrogens with one attached hydrogen (secondary N) is 3. The molecule has 3 N–H and O–H groups in total.